The Kier molecular flexibility index (Phi) is 6.89. The SMILES string of the molecule is COc1ccc(CCNC(=O)c2ccnc(C(=O)NCc3ccccn3)c2)cc1. The molecule has 0 saturated carbocycles. The monoisotopic (exact) mass is 390 g/mol. The molecule has 0 spiro atoms. The van der Waals surface area contributed by atoms with Crippen LogP contribution in [0.5, 0.6) is 5.75 Å². The Morgan fingerprint density at radius 2 is 1.76 bits per heavy atom. The maximum Gasteiger partial charge on any atom is 0.270 e. The third kappa shape index (κ3) is 5.87. The fourth-order valence-electron chi connectivity index (χ4n) is 2.67. The van der Waals surface area contributed by atoms with Crippen molar-refractivity contribution in [3.05, 3.63) is 89.5 Å². The van der Waals surface area contributed by atoms with Gasteiger partial charge in [-0.25, -0.2) is 0 Å². The van der Waals surface area contributed by atoms with Gasteiger partial charge in [0.25, 0.3) is 11.8 Å². The molecule has 1 aromatic carbocycles. The minimum absolute atomic E-state index is 0.184. The summed E-state index contributed by atoms with van der Waals surface area (Å²) in [4.78, 5) is 32.9. The molecular weight excluding hydrogens is 368 g/mol. The lowest BCUT2D eigenvalue weighted by Crippen LogP contribution is -2.27. The number of nitrogens with zero attached hydrogens (tertiary/aromatic N) is 2. The van der Waals surface area contributed by atoms with Crippen LogP contribution < -0.4 is 15.4 Å². The summed E-state index contributed by atoms with van der Waals surface area (Å²) in [6.45, 7) is 0.772. The smallest absolute Gasteiger partial charge is 0.270 e. The minimum Gasteiger partial charge on any atom is -0.497 e. The summed E-state index contributed by atoms with van der Waals surface area (Å²) < 4.78 is 5.13. The number of benzene rings is 1. The number of nitrogens with one attached hydrogen (secondary N) is 2. The maximum atomic E-state index is 12.4. The topological polar surface area (TPSA) is 93.2 Å². The average Bonchev–Trinajstić information content (AvgIpc) is 2.78. The molecule has 29 heavy (non-hydrogen) atoms. The van der Waals surface area contributed by atoms with E-state index in [2.05, 4.69) is 20.6 Å². The number of amides is 2. The van der Waals surface area contributed by atoms with Crippen LogP contribution >= 0.6 is 0 Å². The number of hydrogen-bond acceptors (Lipinski definition) is 5. The second-order valence-corrected chi connectivity index (χ2v) is 6.29. The molecule has 3 rings (SSSR count). The van der Waals surface area contributed by atoms with Gasteiger partial charge in [-0.15, -0.1) is 0 Å². The van der Waals surface area contributed by atoms with Gasteiger partial charge in [0.2, 0.25) is 0 Å². The molecule has 0 aliphatic rings. The molecule has 0 saturated heterocycles. The molecule has 0 aliphatic heterocycles. The van der Waals surface area contributed by atoms with Crippen molar-refractivity contribution in [1.29, 1.82) is 0 Å². The van der Waals surface area contributed by atoms with E-state index < -0.39 is 0 Å². The summed E-state index contributed by atoms with van der Waals surface area (Å²) in [7, 11) is 1.62. The van der Waals surface area contributed by atoms with Gasteiger partial charge >= 0.3 is 0 Å². The number of aromatic nitrogens is 2. The third-order valence-corrected chi connectivity index (χ3v) is 4.27. The molecule has 7 heteroatoms. The van der Waals surface area contributed by atoms with Gasteiger partial charge in [-0.1, -0.05) is 18.2 Å². The molecule has 0 bridgehead atoms. The lowest BCUT2D eigenvalue weighted by atomic mass is 10.1. The van der Waals surface area contributed by atoms with Crippen LogP contribution in [0.3, 0.4) is 0 Å². The Labute approximate surface area is 169 Å². The summed E-state index contributed by atoms with van der Waals surface area (Å²) in [6.07, 6.45) is 3.81. The number of carbonyl (C=O) groups excluding carboxylic acids is 2. The Bertz CT molecular complexity index is 959. The van der Waals surface area contributed by atoms with Gasteiger partial charge in [-0.05, 0) is 48.4 Å². The predicted octanol–water partition coefficient (Wildman–Crippen LogP) is 2.39. The van der Waals surface area contributed by atoms with Crippen LogP contribution in [0.15, 0.2) is 67.0 Å². The fourth-order valence-corrected chi connectivity index (χ4v) is 2.67. The number of hydrogen-bond donors (Lipinski definition) is 2. The van der Waals surface area contributed by atoms with E-state index in [0.29, 0.717) is 25.1 Å². The quantitative estimate of drug-likeness (QED) is 0.616. The first-order valence-electron chi connectivity index (χ1n) is 9.21. The van der Waals surface area contributed by atoms with Crippen LogP contribution in [0, 0.1) is 0 Å². The molecule has 2 heterocycles. The van der Waals surface area contributed by atoms with Crippen molar-refractivity contribution < 1.29 is 14.3 Å². The average molecular weight is 390 g/mol. The molecule has 0 radical (unpaired) electrons. The molecule has 0 atom stereocenters. The molecule has 2 amide bonds. The predicted molar refractivity (Wildman–Crippen MR) is 109 cm³/mol. The molecule has 0 aliphatic carbocycles. The van der Waals surface area contributed by atoms with Gasteiger partial charge in [-0.3, -0.25) is 19.6 Å². The van der Waals surface area contributed by atoms with Crippen LogP contribution in [0.1, 0.15) is 32.1 Å². The van der Waals surface area contributed by atoms with Crippen molar-refractivity contribution >= 4 is 11.8 Å². The van der Waals surface area contributed by atoms with E-state index >= 15 is 0 Å². The van der Waals surface area contributed by atoms with Gasteiger partial charge in [-0.2, -0.15) is 0 Å². The van der Waals surface area contributed by atoms with Crippen LogP contribution in [-0.4, -0.2) is 35.4 Å². The Balaban J connectivity index is 1.52. The minimum atomic E-state index is -0.358. The maximum absolute atomic E-state index is 12.4. The van der Waals surface area contributed by atoms with Crippen molar-refractivity contribution in [1.82, 2.24) is 20.6 Å². The van der Waals surface area contributed by atoms with Gasteiger partial charge in [0.1, 0.15) is 11.4 Å². The molecule has 7 nitrogen and oxygen atoms in total. The summed E-state index contributed by atoms with van der Waals surface area (Å²) in [5.74, 6) is 0.187. The largest absolute Gasteiger partial charge is 0.497 e. The van der Waals surface area contributed by atoms with Gasteiger partial charge < -0.3 is 15.4 Å². The van der Waals surface area contributed by atoms with Crippen molar-refractivity contribution in [2.75, 3.05) is 13.7 Å². The normalized spacial score (nSPS) is 10.2. The number of methoxy groups -OCH3 is 1. The van der Waals surface area contributed by atoms with Crippen LogP contribution in [0.4, 0.5) is 0 Å². The molecule has 0 fully saturated rings. The van der Waals surface area contributed by atoms with Gasteiger partial charge in [0.05, 0.1) is 19.3 Å². The summed E-state index contributed by atoms with van der Waals surface area (Å²) in [5, 5.41) is 5.61. The van der Waals surface area contributed by atoms with E-state index in [0.717, 1.165) is 17.0 Å². The fraction of sp³-hybridized carbons (Fsp3) is 0.182. The second-order valence-electron chi connectivity index (χ2n) is 6.29. The highest BCUT2D eigenvalue weighted by molar-refractivity contribution is 5.98. The van der Waals surface area contributed by atoms with Crippen molar-refractivity contribution in [3.63, 3.8) is 0 Å². The van der Waals surface area contributed by atoms with Crippen LogP contribution in [-0.2, 0) is 13.0 Å². The van der Waals surface area contributed by atoms with Crippen LogP contribution in [0.25, 0.3) is 0 Å². The van der Waals surface area contributed by atoms with E-state index in [1.54, 1.807) is 19.4 Å². The first-order valence-corrected chi connectivity index (χ1v) is 9.21. The zero-order valence-corrected chi connectivity index (χ0v) is 16.1. The zero-order valence-electron chi connectivity index (χ0n) is 16.1. The number of carbonyl (C=O) groups is 2. The molecule has 0 unspecified atom stereocenters. The first-order chi connectivity index (χ1) is 14.2. The van der Waals surface area contributed by atoms with Gasteiger partial charge in [0.15, 0.2) is 0 Å². The van der Waals surface area contributed by atoms with Crippen LogP contribution in [0.2, 0.25) is 0 Å². The number of rotatable bonds is 8. The number of pyridine rings is 2. The van der Waals surface area contributed by atoms with E-state index in [1.165, 1.54) is 12.3 Å². The molecule has 2 aromatic heterocycles. The molecular formula is C22H22N4O3. The zero-order chi connectivity index (χ0) is 20.5. The second kappa shape index (κ2) is 9.98. The Morgan fingerprint density at radius 3 is 2.48 bits per heavy atom. The standard InChI is InChI=1S/C22H22N4O3/c1-29-19-7-5-16(6-8-19)9-12-25-21(27)17-10-13-24-20(14-17)22(28)26-15-18-4-2-3-11-23-18/h2-8,10-11,13-14H,9,12,15H2,1H3,(H,25,27)(H,26,28). The van der Waals surface area contributed by atoms with Crippen molar-refractivity contribution in [2.24, 2.45) is 0 Å². The van der Waals surface area contributed by atoms with Gasteiger partial charge in [0, 0.05) is 24.5 Å². The summed E-state index contributed by atoms with van der Waals surface area (Å²) >= 11 is 0. The Morgan fingerprint density at radius 1 is 0.931 bits per heavy atom. The van der Waals surface area contributed by atoms with E-state index in [4.69, 9.17) is 4.74 Å². The van der Waals surface area contributed by atoms with E-state index in [9.17, 15) is 9.59 Å². The highest BCUT2D eigenvalue weighted by Gasteiger charge is 2.12. The first kappa shape index (κ1) is 20.0. The molecule has 148 valence electrons. The highest BCUT2D eigenvalue weighted by atomic mass is 16.5. The van der Waals surface area contributed by atoms with Crippen molar-refractivity contribution in [3.8, 4) is 5.75 Å². The summed E-state index contributed by atoms with van der Waals surface area (Å²) in [6, 6.07) is 16.2. The van der Waals surface area contributed by atoms with E-state index in [-0.39, 0.29) is 17.5 Å². The van der Waals surface area contributed by atoms with E-state index in [1.807, 2.05) is 42.5 Å². The molecule has 2 N–H and O–H groups in total. The van der Waals surface area contributed by atoms with Crippen molar-refractivity contribution in [2.45, 2.75) is 13.0 Å². The third-order valence-electron chi connectivity index (χ3n) is 4.27. The lowest BCUT2D eigenvalue weighted by molar-refractivity contribution is 0.0945. The Hall–Kier alpha value is -3.74. The number of ether oxygens (including phenoxy) is 1. The molecule has 3 aromatic rings. The highest BCUT2D eigenvalue weighted by Crippen LogP contribution is 2.11. The summed E-state index contributed by atoms with van der Waals surface area (Å²) in [5.41, 5.74) is 2.41. The lowest BCUT2D eigenvalue weighted by Gasteiger charge is -2.08.